The lowest BCUT2D eigenvalue weighted by Gasteiger charge is -2.36. The Morgan fingerprint density at radius 1 is 1.30 bits per heavy atom. The molecule has 0 spiro atoms. The van der Waals surface area contributed by atoms with Crippen molar-refractivity contribution in [2.24, 2.45) is 0 Å². The largest absolute Gasteiger partial charge is 0.374 e. The van der Waals surface area contributed by atoms with E-state index in [2.05, 4.69) is 34.1 Å². The van der Waals surface area contributed by atoms with Crippen LogP contribution in [-0.4, -0.2) is 75.2 Å². The molecule has 2 atom stereocenters. The van der Waals surface area contributed by atoms with Crippen LogP contribution in [0.3, 0.4) is 0 Å². The van der Waals surface area contributed by atoms with E-state index in [1.54, 1.807) is 0 Å². The summed E-state index contributed by atoms with van der Waals surface area (Å²) in [4.78, 5) is 4.59. The van der Waals surface area contributed by atoms with E-state index >= 15 is 0 Å². The second-order valence-electron chi connectivity index (χ2n) is 6.71. The molecule has 2 saturated heterocycles. The number of morpholine rings is 1. The maximum Gasteiger partial charge on any atom is 0.151 e. The van der Waals surface area contributed by atoms with Crippen LogP contribution in [0, 0.1) is 0 Å². The molecule has 3 rings (SSSR count). The van der Waals surface area contributed by atoms with Gasteiger partial charge in [0.1, 0.15) is 0 Å². The van der Waals surface area contributed by atoms with E-state index < -0.39 is 9.84 Å². The summed E-state index contributed by atoms with van der Waals surface area (Å²) in [7, 11) is -0.807. The van der Waals surface area contributed by atoms with E-state index in [4.69, 9.17) is 4.74 Å². The molecule has 5 nitrogen and oxygen atoms in total. The van der Waals surface area contributed by atoms with Crippen LogP contribution in [0.5, 0.6) is 0 Å². The first-order valence-electron chi connectivity index (χ1n) is 8.30. The molecular weight excluding hydrogens is 312 g/mol. The zero-order valence-electron chi connectivity index (χ0n) is 13.7. The summed E-state index contributed by atoms with van der Waals surface area (Å²) >= 11 is 0. The highest BCUT2D eigenvalue weighted by molar-refractivity contribution is 7.91. The van der Waals surface area contributed by atoms with Crippen molar-refractivity contribution in [3.05, 3.63) is 35.9 Å². The molecule has 0 amide bonds. The minimum Gasteiger partial charge on any atom is -0.374 e. The topological polar surface area (TPSA) is 49.9 Å². The lowest BCUT2D eigenvalue weighted by molar-refractivity contribution is -0.0464. The Morgan fingerprint density at radius 3 is 2.78 bits per heavy atom. The summed E-state index contributed by atoms with van der Waals surface area (Å²) in [6, 6.07) is 10.6. The van der Waals surface area contributed by atoms with Gasteiger partial charge in [0, 0.05) is 32.2 Å². The monoisotopic (exact) mass is 338 g/mol. The third-order valence-corrected chi connectivity index (χ3v) is 6.55. The van der Waals surface area contributed by atoms with Crippen LogP contribution in [0.15, 0.2) is 30.3 Å². The first kappa shape index (κ1) is 16.9. The first-order chi connectivity index (χ1) is 11.0. The lowest BCUT2D eigenvalue weighted by Crippen LogP contribution is -2.48. The zero-order valence-corrected chi connectivity index (χ0v) is 14.5. The fourth-order valence-electron chi connectivity index (χ4n) is 3.47. The molecule has 0 bridgehead atoms. The molecule has 0 radical (unpaired) electrons. The van der Waals surface area contributed by atoms with Gasteiger partial charge >= 0.3 is 0 Å². The van der Waals surface area contributed by atoms with Crippen molar-refractivity contribution in [1.82, 2.24) is 9.80 Å². The summed E-state index contributed by atoms with van der Waals surface area (Å²) in [6.45, 7) is 4.34. The zero-order chi connectivity index (χ0) is 16.3. The van der Waals surface area contributed by atoms with Gasteiger partial charge in [-0.2, -0.15) is 0 Å². The number of ether oxygens (including phenoxy) is 1. The molecule has 23 heavy (non-hydrogen) atoms. The Balaban J connectivity index is 1.50. The number of sulfone groups is 1. The summed E-state index contributed by atoms with van der Waals surface area (Å²) in [5.41, 5.74) is 1.32. The summed E-state index contributed by atoms with van der Waals surface area (Å²) < 4.78 is 29.1. The van der Waals surface area contributed by atoms with E-state index in [0.717, 1.165) is 39.2 Å². The number of nitrogens with zero attached hydrogens (tertiary/aromatic N) is 2. The first-order valence-corrected chi connectivity index (χ1v) is 10.1. The van der Waals surface area contributed by atoms with Crippen LogP contribution in [0.2, 0.25) is 0 Å². The maximum atomic E-state index is 11.6. The molecule has 128 valence electrons. The quantitative estimate of drug-likeness (QED) is 0.802. The Morgan fingerprint density at radius 2 is 2.09 bits per heavy atom. The summed E-state index contributed by atoms with van der Waals surface area (Å²) in [5, 5.41) is 0. The van der Waals surface area contributed by atoms with Crippen molar-refractivity contribution in [3.8, 4) is 0 Å². The van der Waals surface area contributed by atoms with E-state index in [0.29, 0.717) is 11.5 Å². The van der Waals surface area contributed by atoms with Crippen LogP contribution in [-0.2, 0) is 21.1 Å². The highest BCUT2D eigenvalue weighted by atomic mass is 32.2. The van der Waals surface area contributed by atoms with Crippen LogP contribution >= 0.6 is 0 Å². The molecule has 0 aliphatic carbocycles. The molecule has 2 aliphatic heterocycles. The van der Waals surface area contributed by atoms with Crippen molar-refractivity contribution < 1.29 is 13.2 Å². The van der Waals surface area contributed by atoms with Crippen LogP contribution in [0.25, 0.3) is 0 Å². The Labute approximate surface area is 139 Å². The summed E-state index contributed by atoms with van der Waals surface area (Å²) in [6.07, 6.45) is 0.903. The molecule has 0 saturated carbocycles. The number of hydrogen-bond donors (Lipinski definition) is 0. The minimum absolute atomic E-state index is 0.146. The third kappa shape index (κ3) is 4.76. The third-order valence-electron chi connectivity index (χ3n) is 4.80. The Hall–Kier alpha value is -0.950. The van der Waals surface area contributed by atoms with E-state index in [9.17, 15) is 8.42 Å². The number of hydrogen-bond acceptors (Lipinski definition) is 5. The molecule has 1 aromatic rings. The highest BCUT2D eigenvalue weighted by Crippen LogP contribution is 2.18. The summed E-state index contributed by atoms with van der Waals surface area (Å²) in [5.74, 6) is 0.623. The number of rotatable bonds is 5. The van der Waals surface area contributed by atoms with Crippen LogP contribution in [0.1, 0.15) is 12.0 Å². The van der Waals surface area contributed by atoms with Gasteiger partial charge in [0.2, 0.25) is 0 Å². The van der Waals surface area contributed by atoms with Crippen LogP contribution < -0.4 is 0 Å². The van der Waals surface area contributed by atoms with Gasteiger partial charge in [-0.15, -0.1) is 0 Å². The van der Waals surface area contributed by atoms with Crippen molar-refractivity contribution in [3.63, 3.8) is 0 Å². The van der Waals surface area contributed by atoms with Gasteiger partial charge in [-0.25, -0.2) is 8.42 Å². The SMILES string of the molecule is CN(C[C@@H]1CN(Cc2ccccc2)CCO1)[C@H]1CCS(=O)(=O)C1. The predicted molar refractivity (Wildman–Crippen MR) is 91.1 cm³/mol. The highest BCUT2D eigenvalue weighted by Gasteiger charge is 2.32. The molecule has 2 aliphatic rings. The van der Waals surface area contributed by atoms with Crippen molar-refractivity contribution in [1.29, 1.82) is 0 Å². The molecular formula is C17H26N2O3S. The minimum atomic E-state index is -2.83. The van der Waals surface area contributed by atoms with Crippen molar-refractivity contribution in [2.45, 2.75) is 25.1 Å². The van der Waals surface area contributed by atoms with Crippen molar-refractivity contribution in [2.75, 3.05) is 44.8 Å². The van der Waals surface area contributed by atoms with Gasteiger partial charge < -0.3 is 4.74 Å². The maximum absolute atomic E-state index is 11.6. The molecule has 0 unspecified atom stereocenters. The van der Waals surface area contributed by atoms with Gasteiger partial charge in [-0.05, 0) is 19.0 Å². The van der Waals surface area contributed by atoms with E-state index in [-0.39, 0.29) is 12.1 Å². The smallest absolute Gasteiger partial charge is 0.151 e. The van der Waals surface area contributed by atoms with Gasteiger partial charge in [0.25, 0.3) is 0 Å². The molecule has 1 aromatic carbocycles. The fraction of sp³-hybridized carbons (Fsp3) is 0.647. The van der Waals surface area contributed by atoms with Crippen LogP contribution in [0.4, 0.5) is 0 Å². The van der Waals surface area contributed by atoms with Gasteiger partial charge in [0.05, 0.1) is 24.2 Å². The van der Waals surface area contributed by atoms with Gasteiger partial charge in [0.15, 0.2) is 9.84 Å². The second-order valence-corrected chi connectivity index (χ2v) is 8.94. The molecule has 2 fully saturated rings. The number of likely N-dealkylation sites (N-methyl/N-ethyl adjacent to an activating group) is 1. The Bertz CT molecular complexity index is 606. The van der Waals surface area contributed by atoms with E-state index in [1.807, 2.05) is 13.1 Å². The molecule has 0 N–H and O–H groups in total. The molecule has 2 heterocycles. The second kappa shape index (κ2) is 7.30. The number of benzene rings is 1. The predicted octanol–water partition coefficient (Wildman–Crippen LogP) is 1.01. The van der Waals surface area contributed by atoms with Gasteiger partial charge in [-0.1, -0.05) is 30.3 Å². The van der Waals surface area contributed by atoms with E-state index in [1.165, 1.54) is 5.56 Å². The normalized spacial score (nSPS) is 28.3. The average molecular weight is 338 g/mol. The lowest BCUT2D eigenvalue weighted by atomic mass is 10.1. The molecule has 6 heteroatoms. The fourth-order valence-corrected chi connectivity index (χ4v) is 5.27. The Kier molecular flexibility index (Phi) is 5.36. The standard InChI is InChI=1S/C17H26N2O3S/c1-18(16-7-10-23(20,21)14-16)12-17-13-19(8-9-22-17)11-15-5-3-2-4-6-15/h2-6,16-17H,7-14H2,1H3/t16-,17+/m0/s1. The average Bonchev–Trinajstić information content (AvgIpc) is 2.89. The van der Waals surface area contributed by atoms with Gasteiger partial charge in [-0.3, -0.25) is 9.80 Å². The van der Waals surface area contributed by atoms with Crippen molar-refractivity contribution >= 4 is 9.84 Å². The molecule has 0 aromatic heterocycles.